The van der Waals surface area contributed by atoms with E-state index in [-0.39, 0.29) is 30.1 Å². The van der Waals surface area contributed by atoms with E-state index in [2.05, 4.69) is 52.7 Å². The van der Waals surface area contributed by atoms with E-state index in [1.54, 1.807) is 11.3 Å². The van der Waals surface area contributed by atoms with Crippen LogP contribution in [0.3, 0.4) is 0 Å². The van der Waals surface area contributed by atoms with Gasteiger partial charge in [0.25, 0.3) is 0 Å². The quantitative estimate of drug-likeness (QED) is 0.436. The molecule has 0 bridgehead atoms. The third-order valence-corrected chi connectivity index (χ3v) is 8.21. The lowest BCUT2D eigenvalue weighted by Crippen LogP contribution is -2.52. The first kappa shape index (κ1) is 22.2. The standard InChI is InChI=1S/C27H29N5O2S/c1-17-13-31(14-18(2)34-17)27(33)32-15-22(19-6-4-3-5-7-19)23(16-32)26-30-24-9-8-20(10-25(24)35-26)21-11-28-29-12-21/h3-12,17-18,22-23H,13-16H2,1-2H3,(H,28,29)/t17-,18+,22-,23?/m1/s1. The number of hydrogen-bond donors (Lipinski definition) is 1. The van der Waals surface area contributed by atoms with E-state index in [1.165, 1.54) is 5.56 Å². The van der Waals surface area contributed by atoms with Gasteiger partial charge in [0, 0.05) is 49.8 Å². The van der Waals surface area contributed by atoms with Crippen LogP contribution in [-0.4, -0.2) is 69.4 Å². The maximum Gasteiger partial charge on any atom is 0.320 e. The summed E-state index contributed by atoms with van der Waals surface area (Å²) in [6.45, 7) is 6.72. The van der Waals surface area contributed by atoms with Gasteiger partial charge in [-0.3, -0.25) is 5.10 Å². The molecule has 2 aliphatic heterocycles. The zero-order valence-electron chi connectivity index (χ0n) is 19.9. The Hall–Kier alpha value is -3.23. The smallest absolute Gasteiger partial charge is 0.320 e. The number of carbonyl (C=O) groups excluding carboxylic acids is 1. The number of fused-ring (bicyclic) bond motifs is 1. The molecule has 2 aromatic carbocycles. The SMILES string of the molecule is C[C@@H]1CN(C(=O)N2CC(c3nc4ccc(-c5cn[nH]c5)cc4s3)[C@@H](c3ccccc3)C2)C[C@H](C)O1. The third kappa shape index (κ3) is 4.32. The monoisotopic (exact) mass is 487 g/mol. The molecule has 1 unspecified atom stereocenters. The van der Waals surface area contributed by atoms with Crippen molar-refractivity contribution in [1.29, 1.82) is 0 Å². The number of aromatic amines is 1. The van der Waals surface area contributed by atoms with Crippen LogP contribution in [0.15, 0.2) is 60.9 Å². The second-order valence-corrected chi connectivity index (χ2v) is 10.8. The van der Waals surface area contributed by atoms with Crippen LogP contribution in [-0.2, 0) is 4.74 Å². The maximum atomic E-state index is 13.6. The maximum absolute atomic E-state index is 13.6. The average Bonchev–Trinajstić information content (AvgIpc) is 3.62. The zero-order chi connectivity index (χ0) is 23.9. The summed E-state index contributed by atoms with van der Waals surface area (Å²) in [5, 5.41) is 8.06. The lowest BCUT2D eigenvalue weighted by atomic mass is 9.89. The number of likely N-dealkylation sites (tertiary alicyclic amines) is 1. The molecule has 2 fully saturated rings. The molecule has 1 N–H and O–H groups in total. The summed E-state index contributed by atoms with van der Waals surface area (Å²) >= 11 is 1.74. The highest BCUT2D eigenvalue weighted by Crippen LogP contribution is 2.43. The lowest BCUT2D eigenvalue weighted by Gasteiger charge is -2.37. The molecule has 6 rings (SSSR count). The Kier molecular flexibility index (Phi) is 5.78. The highest BCUT2D eigenvalue weighted by molar-refractivity contribution is 7.18. The van der Waals surface area contributed by atoms with Gasteiger partial charge in [-0.2, -0.15) is 5.10 Å². The van der Waals surface area contributed by atoms with Crippen LogP contribution in [0.5, 0.6) is 0 Å². The van der Waals surface area contributed by atoms with Crippen LogP contribution in [0.2, 0.25) is 0 Å². The second-order valence-electron chi connectivity index (χ2n) is 9.70. The van der Waals surface area contributed by atoms with Crippen LogP contribution in [0.25, 0.3) is 21.3 Å². The van der Waals surface area contributed by atoms with Gasteiger partial charge in [-0.05, 0) is 37.1 Å². The number of carbonyl (C=O) groups is 1. The van der Waals surface area contributed by atoms with Crippen molar-refractivity contribution in [2.75, 3.05) is 26.2 Å². The number of rotatable bonds is 3. The van der Waals surface area contributed by atoms with Crippen molar-refractivity contribution in [1.82, 2.24) is 25.0 Å². The molecule has 4 atom stereocenters. The highest BCUT2D eigenvalue weighted by atomic mass is 32.1. The Bertz CT molecular complexity index is 1310. The van der Waals surface area contributed by atoms with Crippen LogP contribution >= 0.6 is 11.3 Å². The molecule has 4 heterocycles. The van der Waals surface area contributed by atoms with Gasteiger partial charge in [0.15, 0.2) is 0 Å². The Morgan fingerprint density at radius 2 is 1.71 bits per heavy atom. The minimum atomic E-state index is 0.0553. The molecule has 4 aromatic rings. The van der Waals surface area contributed by atoms with E-state index in [0.29, 0.717) is 26.2 Å². The number of thiazole rings is 1. The Labute approximate surface area is 208 Å². The second kappa shape index (κ2) is 9.09. The van der Waals surface area contributed by atoms with E-state index < -0.39 is 0 Å². The van der Waals surface area contributed by atoms with Crippen LogP contribution < -0.4 is 0 Å². The van der Waals surface area contributed by atoms with Crippen LogP contribution in [0.1, 0.15) is 36.3 Å². The Morgan fingerprint density at radius 1 is 0.971 bits per heavy atom. The summed E-state index contributed by atoms with van der Waals surface area (Å²) in [7, 11) is 0. The van der Waals surface area contributed by atoms with Crippen molar-refractivity contribution in [2.24, 2.45) is 0 Å². The minimum Gasteiger partial charge on any atom is -0.372 e. The minimum absolute atomic E-state index is 0.0553. The van der Waals surface area contributed by atoms with Crippen molar-refractivity contribution in [3.8, 4) is 11.1 Å². The van der Waals surface area contributed by atoms with E-state index in [9.17, 15) is 4.79 Å². The lowest BCUT2D eigenvalue weighted by molar-refractivity contribution is -0.0577. The fourth-order valence-corrected chi connectivity index (χ4v) is 6.64. The number of aromatic nitrogens is 3. The molecule has 7 nitrogen and oxygen atoms in total. The molecule has 2 amide bonds. The van der Waals surface area contributed by atoms with Crippen LogP contribution in [0.4, 0.5) is 4.79 Å². The molecule has 0 aliphatic carbocycles. The molecule has 2 aliphatic rings. The first-order valence-corrected chi connectivity index (χ1v) is 13.0. The van der Waals surface area contributed by atoms with Gasteiger partial charge >= 0.3 is 6.03 Å². The largest absolute Gasteiger partial charge is 0.372 e. The van der Waals surface area contributed by atoms with Gasteiger partial charge in [-0.25, -0.2) is 9.78 Å². The predicted octanol–water partition coefficient (Wildman–Crippen LogP) is 5.10. The van der Waals surface area contributed by atoms with E-state index in [4.69, 9.17) is 9.72 Å². The van der Waals surface area contributed by atoms with Gasteiger partial charge in [0.2, 0.25) is 0 Å². The normalized spacial score (nSPS) is 24.9. The topological polar surface area (TPSA) is 74.4 Å². The van der Waals surface area contributed by atoms with E-state index >= 15 is 0 Å². The van der Waals surface area contributed by atoms with Crippen molar-refractivity contribution >= 4 is 27.6 Å². The number of morpholine rings is 1. The molecule has 0 saturated carbocycles. The summed E-state index contributed by atoms with van der Waals surface area (Å²) in [4.78, 5) is 22.6. The van der Waals surface area contributed by atoms with Crippen molar-refractivity contribution < 1.29 is 9.53 Å². The molecule has 35 heavy (non-hydrogen) atoms. The Morgan fingerprint density at radius 3 is 2.46 bits per heavy atom. The summed E-state index contributed by atoms with van der Waals surface area (Å²) < 4.78 is 7.01. The van der Waals surface area contributed by atoms with E-state index in [0.717, 1.165) is 26.4 Å². The zero-order valence-corrected chi connectivity index (χ0v) is 20.7. The molecule has 180 valence electrons. The summed E-state index contributed by atoms with van der Waals surface area (Å²) in [6.07, 6.45) is 3.85. The predicted molar refractivity (Wildman–Crippen MR) is 138 cm³/mol. The first-order chi connectivity index (χ1) is 17.0. The average molecular weight is 488 g/mol. The molecular formula is C27H29N5O2S. The first-order valence-electron chi connectivity index (χ1n) is 12.2. The Balaban J connectivity index is 1.32. The number of H-pyrrole nitrogens is 1. The number of urea groups is 1. The van der Waals surface area contributed by atoms with Crippen molar-refractivity contribution in [2.45, 2.75) is 37.9 Å². The van der Waals surface area contributed by atoms with Crippen LogP contribution in [0, 0.1) is 0 Å². The fourth-order valence-electron chi connectivity index (χ4n) is 5.47. The summed E-state index contributed by atoms with van der Waals surface area (Å²) in [5.41, 5.74) is 4.45. The van der Waals surface area contributed by atoms with E-state index in [1.807, 2.05) is 42.1 Å². The van der Waals surface area contributed by atoms with Gasteiger partial charge in [-0.1, -0.05) is 36.4 Å². The van der Waals surface area contributed by atoms with Gasteiger partial charge in [-0.15, -0.1) is 11.3 Å². The third-order valence-electron chi connectivity index (χ3n) is 7.06. The highest BCUT2D eigenvalue weighted by Gasteiger charge is 2.41. The van der Waals surface area contributed by atoms with Gasteiger partial charge in [0.05, 0.1) is 33.6 Å². The van der Waals surface area contributed by atoms with Crippen molar-refractivity contribution in [3.05, 3.63) is 71.5 Å². The molecule has 0 radical (unpaired) electrons. The van der Waals surface area contributed by atoms with Crippen molar-refractivity contribution in [3.63, 3.8) is 0 Å². The molecular weight excluding hydrogens is 458 g/mol. The number of hydrogen-bond acceptors (Lipinski definition) is 5. The van der Waals surface area contributed by atoms with Gasteiger partial charge < -0.3 is 14.5 Å². The summed E-state index contributed by atoms with van der Waals surface area (Å²) in [6, 6.07) is 17.0. The molecule has 2 saturated heterocycles. The number of nitrogens with zero attached hydrogens (tertiary/aromatic N) is 4. The molecule has 0 spiro atoms. The van der Waals surface area contributed by atoms with Gasteiger partial charge in [0.1, 0.15) is 0 Å². The number of benzene rings is 2. The number of ether oxygens (including phenoxy) is 1. The molecule has 2 aromatic heterocycles. The summed E-state index contributed by atoms with van der Waals surface area (Å²) in [5.74, 6) is 0.372. The number of amides is 2. The molecule has 8 heteroatoms. The number of nitrogens with one attached hydrogen (secondary N) is 1. The fraction of sp³-hybridized carbons (Fsp3) is 0.370.